The summed E-state index contributed by atoms with van der Waals surface area (Å²) in [6.07, 6.45) is 1.25. The van der Waals surface area contributed by atoms with Crippen molar-refractivity contribution in [2.45, 2.75) is 27.2 Å². The molecule has 0 radical (unpaired) electrons. The van der Waals surface area contributed by atoms with Gasteiger partial charge < -0.3 is 11.1 Å². The lowest BCUT2D eigenvalue weighted by molar-refractivity contribution is -0.114. The molecular formula is C11H18N2O. The van der Waals surface area contributed by atoms with Crippen molar-refractivity contribution in [3.8, 4) is 0 Å². The fourth-order valence-corrected chi connectivity index (χ4v) is 0.800. The van der Waals surface area contributed by atoms with Crippen LogP contribution in [0, 0.1) is 0 Å². The Balaban J connectivity index is 0.000000500. The summed E-state index contributed by atoms with van der Waals surface area (Å²) in [6, 6.07) is 7.14. The summed E-state index contributed by atoms with van der Waals surface area (Å²) in [6.45, 7) is 5.70. The standard InChI is InChI=1S/C8H10N2O.C3H8/c1-6(11)10-8-5-3-2-4-7(8)9;1-3-2/h2-5H,9H2,1H3,(H,10,11);3H2,1-2H3. The Morgan fingerprint density at radius 1 is 1.36 bits per heavy atom. The third-order valence-corrected chi connectivity index (χ3v) is 1.27. The Hall–Kier alpha value is -1.51. The molecule has 0 aliphatic rings. The highest BCUT2D eigenvalue weighted by atomic mass is 16.1. The average Bonchev–Trinajstić information content (AvgIpc) is 2.09. The van der Waals surface area contributed by atoms with E-state index in [1.165, 1.54) is 13.3 Å². The van der Waals surface area contributed by atoms with Gasteiger partial charge in [0.2, 0.25) is 5.91 Å². The first kappa shape index (κ1) is 12.5. The van der Waals surface area contributed by atoms with Crippen LogP contribution in [0.5, 0.6) is 0 Å². The van der Waals surface area contributed by atoms with E-state index in [1.807, 2.05) is 12.1 Å². The molecule has 1 rings (SSSR count). The maximum absolute atomic E-state index is 10.6. The molecule has 14 heavy (non-hydrogen) atoms. The van der Waals surface area contributed by atoms with Gasteiger partial charge in [-0.2, -0.15) is 0 Å². The fraction of sp³-hybridized carbons (Fsp3) is 0.364. The zero-order valence-corrected chi connectivity index (χ0v) is 9.00. The largest absolute Gasteiger partial charge is 0.397 e. The number of carbonyl (C=O) groups is 1. The van der Waals surface area contributed by atoms with Crippen molar-refractivity contribution in [1.82, 2.24) is 0 Å². The van der Waals surface area contributed by atoms with Gasteiger partial charge in [0.25, 0.3) is 0 Å². The van der Waals surface area contributed by atoms with Gasteiger partial charge in [0.15, 0.2) is 0 Å². The summed E-state index contributed by atoms with van der Waals surface area (Å²) >= 11 is 0. The van der Waals surface area contributed by atoms with Crippen LogP contribution in [0.25, 0.3) is 0 Å². The molecule has 1 aromatic rings. The van der Waals surface area contributed by atoms with Crippen LogP contribution in [0.1, 0.15) is 27.2 Å². The third kappa shape index (κ3) is 5.19. The molecule has 0 atom stereocenters. The SMILES string of the molecule is CC(=O)Nc1ccccc1N.CCC. The molecule has 78 valence electrons. The van der Waals surface area contributed by atoms with Gasteiger partial charge >= 0.3 is 0 Å². The number of rotatable bonds is 1. The van der Waals surface area contributed by atoms with Crippen LogP contribution in [0.2, 0.25) is 0 Å². The lowest BCUT2D eigenvalue weighted by atomic mass is 10.3. The number of hydrogen-bond acceptors (Lipinski definition) is 2. The maximum Gasteiger partial charge on any atom is 0.221 e. The number of amides is 1. The number of nitrogens with one attached hydrogen (secondary N) is 1. The second-order valence-corrected chi connectivity index (χ2v) is 2.98. The number of para-hydroxylation sites is 2. The van der Waals surface area contributed by atoms with Crippen molar-refractivity contribution in [2.75, 3.05) is 11.1 Å². The predicted molar refractivity (Wildman–Crippen MR) is 61.1 cm³/mol. The highest BCUT2D eigenvalue weighted by Crippen LogP contribution is 2.15. The number of benzene rings is 1. The molecule has 1 aromatic carbocycles. The van der Waals surface area contributed by atoms with Crippen LogP contribution >= 0.6 is 0 Å². The van der Waals surface area contributed by atoms with E-state index in [4.69, 9.17) is 5.73 Å². The molecular weight excluding hydrogens is 176 g/mol. The van der Waals surface area contributed by atoms with E-state index in [0.29, 0.717) is 11.4 Å². The lowest BCUT2D eigenvalue weighted by Gasteiger charge is -2.03. The van der Waals surface area contributed by atoms with Gasteiger partial charge in [-0.05, 0) is 12.1 Å². The molecule has 0 fully saturated rings. The Morgan fingerprint density at radius 2 is 1.86 bits per heavy atom. The molecule has 0 aliphatic heterocycles. The Morgan fingerprint density at radius 3 is 2.29 bits per heavy atom. The molecule has 0 heterocycles. The quantitative estimate of drug-likeness (QED) is 0.675. The number of nitrogens with two attached hydrogens (primary N) is 1. The van der Waals surface area contributed by atoms with E-state index in [2.05, 4.69) is 19.2 Å². The molecule has 0 bridgehead atoms. The van der Waals surface area contributed by atoms with Gasteiger partial charge in [0, 0.05) is 6.92 Å². The van der Waals surface area contributed by atoms with Gasteiger partial charge in [0.1, 0.15) is 0 Å². The number of hydrogen-bond donors (Lipinski definition) is 2. The van der Waals surface area contributed by atoms with E-state index in [9.17, 15) is 4.79 Å². The monoisotopic (exact) mass is 194 g/mol. The maximum atomic E-state index is 10.6. The van der Waals surface area contributed by atoms with Crippen molar-refractivity contribution < 1.29 is 4.79 Å². The smallest absolute Gasteiger partial charge is 0.221 e. The van der Waals surface area contributed by atoms with Crippen molar-refractivity contribution in [2.24, 2.45) is 0 Å². The number of carbonyl (C=O) groups excluding carboxylic acids is 1. The van der Waals surface area contributed by atoms with Gasteiger partial charge in [-0.25, -0.2) is 0 Å². The number of nitrogen functional groups attached to an aromatic ring is 1. The minimum absolute atomic E-state index is 0.108. The molecule has 0 aromatic heterocycles. The second-order valence-electron chi connectivity index (χ2n) is 2.98. The average molecular weight is 194 g/mol. The number of anilines is 2. The first-order valence-corrected chi connectivity index (χ1v) is 4.73. The van der Waals surface area contributed by atoms with E-state index in [1.54, 1.807) is 12.1 Å². The topological polar surface area (TPSA) is 55.1 Å². The van der Waals surface area contributed by atoms with Crippen molar-refractivity contribution in [3.63, 3.8) is 0 Å². The molecule has 0 spiro atoms. The molecule has 0 saturated heterocycles. The minimum atomic E-state index is -0.108. The molecule has 0 saturated carbocycles. The van der Waals surface area contributed by atoms with Crippen molar-refractivity contribution in [1.29, 1.82) is 0 Å². The summed E-state index contributed by atoms with van der Waals surface area (Å²) in [4.78, 5) is 10.6. The van der Waals surface area contributed by atoms with Crippen LogP contribution < -0.4 is 11.1 Å². The van der Waals surface area contributed by atoms with Crippen molar-refractivity contribution in [3.05, 3.63) is 24.3 Å². The van der Waals surface area contributed by atoms with Crippen LogP contribution in [0.4, 0.5) is 11.4 Å². The lowest BCUT2D eigenvalue weighted by Crippen LogP contribution is -2.07. The van der Waals surface area contributed by atoms with E-state index in [0.717, 1.165) is 0 Å². The second kappa shape index (κ2) is 6.95. The summed E-state index contributed by atoms with van der Waals surface area (Å²) in [5.41, 5.74) is 6.81. The normalized spacial score (nSPS) is 8.50. The van der Waals surface area contributed by atoms with E-state index in [-0.39, 0.29) is 5.91 Å². The van der Waals surface area contributed by atoms with E-state index < -0.39 is 0 Å². The fourth-order valence-electron chi connectivity index (χ4n) is 0.800. The van der Waals surface area contributed by atoms with Gasteiger partial charge in [0.05, 0.1) is 11.4 Å². The molecule has 0 aliphatic carbocycles. The van der Waals surface area contributed by atoms with Crippen LogP contribution in [0.3, 0.4) is 0 Å². The van der Waals surface area contributed by atoms with Gasteiger partial charge in [-0.15, -0.1) is 0 Å². The summed E-state index contributed by atoms with van der Waals surface area (Å²) in [5.74, 6) is -0.108. The third-order valence-electron chi connectivity index (χ3n) is 1.27. The zero-order chi connectivity index (χ0) is 11.0. The molecule has 0 unspecified atom stereocenters. The first-order valence-electron chi connectivity index (χ1n) is 4.73. The summed E-state index contributed by atoms with van der Waals surface area (Å²) in [5, 5.41) is 2.61. The minimum Gasteiger partial charge on any atom is -0.397 e. The van der Waals surface area contributed by atoms with Crippen LogP contribution in [0.15, 0.2) is 24.3 Å². The highest BCUT2D eigenvalue weighted by Gasteiger charge is 1.97. The molecule has 3 nitrogen and oxygen atoms in total. The Kier molecular flexibility index (Phi) is 6.20. The molecule has 3 N–H and O–H groups in total. The first-order chi connectivity index (χ1) is 6.61. The summed E-state index contributed by atoms with van der Waals surface area (Å²) in [7, 11) is 0. The van der Waals surface area contributed by atoms with Crippen molar-refractivity contribution >= 4 is 17.3 Å². The van der Waals surface area contributed by atoms with Crippen LogP contribution in [-0.2, 0) is 4.79 Å². The molecule has 3 heteroatoms. The predicted octanol–water partition coefficient (Wildman–Crippen LogP) is 2.64. The van der Waals surface area contributed by atoms with Crippen LogP contribution in [-0.4, -0.2) is 5.91 Å². The van der Waals surface area contributed by atoms with Gasteiger partial charge in [-0.3, -0.25) is 4.79 Å². The highest BCUT2D eigenvalue weighted by molar-refractivity contribution is 5.91. The molecule has 1 amide bonds. The summed E-state index contributed by atoms with van der Waals surface area (Å²) < 4.78 is 0. The zero-order valence-electron chi connectivity index (χ0n) is 9.00. The van der Waals surface area contributed by atoms with Gasteiger partial charge in [-0.1, -0.05) is 32.4 Å². The Bertz CT molecular complexity index is 284. The Labute approximate surface area is 85.3 Å². The van der Waals surface area contributed by atoms with E-state index >= 15 is 0 Å².